The zero-order chi connectivity index (χ0) is 17.6. The second-order valence-corrected chi connectivity index (χ2v) is 7.03. The Bertz CT molecular complexity index is 939. The molecule has 1 aliphatic heterocycles. The third-order valence-electron chi connectivity index (χ3n) is 5.38. The second-order valence-electron chi connectivity index (χ2n) is 7.03. The molecule has 1 atom stereocenters. The number of aromatic nitrogens is 4. The van der Waals surface area contributed by atoms with E-state index in [0.717, 1.165) is 47.4 Å². The van der Waals surface area contributed by atoms with Gasteiger partial charge in [0.25, 0.3) is 5.91 Å². The lowest BCUT2D eigenvalue weighted by Crippen LogP contribution is -2.39. The lowest BCUT2D eigenvalue weighted by molar-refractivity contribution is 0.0703. The van der Waals surface area contributed by atoms with Crippen molar-refractivity contribution in [3.63, 3.8) is 0 Å². The lowest BCUT2D eigenvalue weighted by Gasteiger charge is -2.32. The standard InChI is InChI=1S/C19H23N5O/c1-12-13(2)21-17-7-6-14(9-16(12)17)19(25)24-8-4-5-15(10-24)18-22-20-11-23(18)3/h6-7,9,11,15,21H,4-5,8,10H2,1-3H3. The highest BCUT2D eigenvalue weighted by molar-refractivity contribution is 5.99. The van der Waals surface area contributed by atoms with Gasteiger partial charge >= 0.3 is 0 Å². The van der Waals surface area contributed by atoms with Crippen molar-refractivity contribution in [2.24, 2.45) is 7.05 Å². The number of piperidine rings is 1. The van der Waals surface area contributed by atoms with Crippen LogP contribution in [0.2, 0.25) is 0 Å². The number of rotatable bonds is 2. The molecule has 3 heterocycles. The second kappa shape index (κ2) is 6.02. The van der Waals surface area contributed by atoms with Crippen molar-refractivity contribution in [1.82, 2.24) is 24.6 Å². The predicted molar refractivity (Wildman–Crippen MR) is 96.7 cm³/mol. The zero-order valence-corrected chi connectivity index (χ0v) is 14.9. The molecular weight excluding hydrogens is 314 g/mol. The number of nitrogens with one attached hydrogen (secondary N) is 1. The van der Waals surface area contributed by atoms with Gasteiger partial charge in [-0.1, -0.05) is 0 Å². The van der Waals surface area contributed by atoms with Crippen molar-refractivity contribution >= 4 is 16.8 Å². The summed E-state index contributed by atoms with van der Waals surface area (Å²) in [5.41, 5.74) is 4.20. The van der Waals surface area contributed by atoms with Gasteiger partial charge in [0, 0.05) is 48.2 Å². The maximum Gasteiger partial charge on any atom is 0.253 e. The first kappa shape index (κ1) is 15.9. The van der Waals surface area contributed by atoms with Crippen LogP contribution in [0.3, 0.4) is 0 Å². The minimum absolute atomic E-state index is 0.104. The van der Waals surface area contributed by atoms with E-state index >= 15 is 0 Å². The number of fused-ring (bicyclic) bond motifs is 1. The Kier molecular flexibility index (Phi) is 3.82. The number of likely N-dealkylation sites (tertiary alicyclic amines) is 1. The summed E-state index contributed by atoms with van der Waals surface area (Å²) in [6.07, 6.45) is 3.76. The maximum atomic E-state index is 13.0. The van der Waals surface area contributed by atoms with Crippen molar-refractivity contribution < 1.29 is 4.79 Å². The van der Waals surface area contributed by atoms with Gasteiger partial charge in [0.1, 0.15) is 12.2 Å². The molecule has 0 saturated carbocycles. The predicted octanol–water partition coefficient (Wildman–Crippen LogP) is 2.93. The van der Waals surface area contributed by atoms with Crippen molar-refractivity contribution in [2.45, 2.75) is 32.6 Å². The minimum Gasteiger partial charge on any atom is -0.358 e. The topological polar surface area (TPSA) is 66.8 Å². The lowest BCUT2D eigenvalue weighted by atomic mass is 9.96. The van der Waals surface area contributed by atoms with Crippen LogP contribution in [0.5, 0.6) is 0 Å². The fourth-order valence-electron chi connectivity index (χ4n) is 3.81. The van der Waals surface area contributed by atoms with Crippen LogP contribution < -0.4 is 0 Å². The van der Waals surface area contributed by atoms with E-state index in [4.69, 9.17) is 0 Å². The molecule has 0 bridgehead atoms. The van der Waals surface area contributed by atoms with E-state index in [9.17, 15) is 4.79 Å². The van der Waals surface area contributed by atoms with E-state index in [1.165, 1.54) is 5.56 Å². The van der Waals surface area contributed by atoms with Crippen molar-refractivity contribution in [3.05, 3.63) is 47.2 Å². The molecule has 0 spiro atoms. The summed E-state index contributed by atoms with van der Waals surface area (Å²) in [5.74, 6) is 1.32. The number of hydrogen-bond acceptors (Lipinski definition) is 3. The van der Waals surface area contributed by atoms with Crippen LogP contribution in [0.15, 0.2) is 24.5 Å². The Hall–Kier alpha value is -2.63. The summed E-state index contributed by atoms with van der Waals surface area (Å²) in [5, 5.41) is 9.34. The number of H-pyrrole nitrogens is 1. The first-order chi connectivity index (χ1) is 12.0. The summed E-state index contributed by atoms with van der Waals surface area (Å²) in [6, 6.07) is 5.95. The van der Waals surface area contributed by atoms with Gasteiger partial charge in [-0.05, 0) is 50.5 Å². The number of aryl methyl sites for hydroxylation is 3. The van der Waals surface area contributed by atoms with Crippen LogP contribution in [0, 0.1) is 13.8 Å². The van der Waals surface area contributed by atoms with E-state index in [-0.39, 0.29) is 11.8 Å². The Morgan fingerprint density at radius 2 is 2.16 bits per heavy atom. The molecule has 1 aromatic carbocycles. The fourth-order valence-corrected chi connectivity index (χ4v) is 3.81. The Balaban J connectivity index is 1.60. The largest absolute Gasteiger partial charge is 0.358 e. The Labute approximate surface area is 146 Å². The van der Waals surface area contributed by atoms with E-state index in [1.807, 2.05) is 34.7 Å². The first-order valence-electron chi connectivity index (χ1n) is 8.76. The molecule has 6 nitrogen and oxygen atoms in total. The number of aromatic amines is 1. The SMILES string of the molecule is Cc1[nH]c2ccc(C(=O)N3CCCC(c4nncn4C)C3)cc2c1C. The molecule has 0 radical (unpaired) electrons. The van der Waals surface area contributed by atoms with Crippen molar-refractivity contribution in [1.29, 1.82) is 0 Å². The van der Waals surface area contributed by atoms with Crippen molar-refractivity contribution in [3.8, 4) is 0 Å². The summed E-state index contributed by atoms with van der Waals surface area (Å²) >= 11 is 0. The van der Waals surface area contributed by atoms with Crippen molar-refractivity contribution in [2.75, 3.05) is 13.1 Å². The van der Waals surface area contributed by atoms with Crippen LogP contribution in [-0.2, 0) is 7.05 Å². The third kappa shape index (κ3) is 2.71. The molecule has 3 aromatic rings. The minimum atomic E-state index is 0.104. The fraction of sp³-hybridized carbons (Fsp3) is 0.421. The molecular formula is C19H23N5O. The van der Waals surface area contributed by atoms with Gasteiger partial charge < -0.3 is 14.5 Å². The molecule has 1 N–H and O–H groups in total. The average molecular weight is 337 g/mol. The molecule has 1 amide bonds. The number of carbonyl (C=O) groups excluding carboxylic acids is 1. The van der Waals surface area contributed by atoms with Crippen LogP contribution in [-0.4, -0.2) is 43.6 Å². The highest BCUT2D eigenvalue weighted by Crippen LogP contribution is 2.27. The van der Waals surface area contributed by atoms with Gasteiger partial charge in [-0.2, -0.15) is 0 Å². The summed E-state index contributed by atoms with van der Waals surface area (Å²) < 4.78 is 1.95. The van der Waals surface area contributed by atoms with Gasteiger partial charge in [0.2, 0.25) is 0 Å². The number of benzene rings is 1. The quantitative estimate of drug-likeness (QED) is 0.782. The van der Waals surface area contributed by atoms with Crippen LogP contribution in [0.1, 0.15) is 46.2 Å². The maximum absolute atomic E-state index is 13.0. The molecule has 1 fully saturated rings. The molecule has 1 unspecified atom stereocenters. The van der Waals surface area contributed by atoms with Gasteiger partial charge in [-0.25, -0.2) is 0 Å². The third-order valence-corrected chi connectivity index (χ3v) is 5.38. The smallest absolute Gasteiger partial charge is 0.253 e. The van der Waals surface area contributed by atoms with Gasteiger partial charge in [-0.15, -0.1) is 10.2 Å². The van der Waals surface area contributed by atoms with Crippen LogP contribution in [0.25, 0.3) is 10.9 Å². The normalized spacial score (nSPS) is 18.0. The first-order valence-corrected chi connectivity index (χ1v) is 8.76. The molecule has 6 heteroatoms. The number of carbonyl (C=O) groups is 1. The highest BCUT2D eigenvalue weighted by atomic mass is 16.2. The molecule has 1 aliphatic rings. The Morgan fingerprint density at radius 3 is 2.92 bits per heavy atom. The van der Waals surface area contributed by atoms with Crippen LogP contribution >= 0.6 is 0 Å². The molecule has 2 aromatic heterocycles. The van der Waals surface area contributed by atoms with Gasteiger partial charge in [0.15, 0.2) is 0 Å². The molecule has 4 rings (SSSR count). The van der Waals surface area contributed by atoms with Crippen LogP contribution in [0.4, 0.5) is 0 Å². The van der Waals surface area contributed by atoms with E-state index < -0.39 is 0 Å². The highest BCUT2D eigenvalue weighted by Gasteiger charge is 2.28. The average Bonchev–Trinajstić information content (AvgIpc) is 3.18. The van der Waals surface area contributed by atoms with Gasteiger partial charge in [0.05, 0.1) is 0 Å². The molecule has 25 heavy (non-hydrogen) atoms. The van der Waals surface area contributed by atoms with Gasteiger partial charge in [-0.3, -0.25) is 4.79 Å². The zero-order valence-electron chi connectivity index (χ0n) is 14.9. The monoisotopic (exact) mass is 337 g/mol. The number of hydrogen-bond donors (Lipinski definition) is 1. The Morgan fingerprint density at radius 1 is 1.32 bits per heavy atom. The number of nitrogens with zero attached hydrogens (tertiary/aromatic N) is 4. The molecule has 0 aliphatic carbocycles. The van der Waals surface area contributed by atoms with E-state index in [2.05, 4.69) is 29.0 Å². The summed E-state index contributed by atoms with van der Waals surface area (Å²) in [6.45, 7) is 5.66. The summed E-state index contributed by atoms with van der Waals surface area (Å²) in [4.78, 5) is 18.4. The molecule has 130 valence electrons. The number of amides is 1. The van der Waals surface area contributed by atoms with E-state index in [1.54, 1.807) is 6.33 Å². The van der Waals surface area contributed by atoms with E-state index in [0.29, 0.717) is 6.54 Å². The summed E-state index contributed by atoms with van der Waals surface area (Å²) in [7, 11) is 1.96. The molecule has 1 saturated heterocycles.